The average molecular weight is 382 g/mol. The molecule has 0 spiro atoms. The molecule has 0 aliphatic heterocycles. The average Bonchev–Trinajstić information content (AvgIpc) is 3.30. The molecule has 3 N–H and O–H groups in total. The Morgan fingerprint density at radius 3 is 2.82 bits per heavy atom. The Morgan fingerprint density at radius 1 is 1.14 bits per heavy atom. The first-order valence-electron chi connectivity index (χ1n) is 8.87. The highest BCUT2D eigenvalue weighted by Gasteiger charge is 2.26. The van der Waals surface area contributed by atoms with Crippen LogP contribution < -0.4 is 10.1 Å². The Hall–Kier alpha value is -3.49. The highest BCUT2D eigenvalue weighted by atomic mass is 19.1. The van der Waals surface area contributed by atoms with Crippen molar-refractivity contribution in [3.63, 3.8) is 0 Å². The van der Waals surface area contributed by atoms with Crippen LogP contribution in [0, 0.1) is 18.6 Å². The first-order chi connectivity index (χ1) is 13.6. The highest BCUT2D eigenvalue weighted by molar-refractivity contribution is 5.82. The van der Waals surface area contributed by atoms with Gasteiger partial charge in [0.25, 0.3) is 5.88 Å². The summed E-state index contributed by atoms with van der Waals surface area (Å²) in [6.07, 6.45) is 3.37. The molecule has 5 rings (SSSR count). The Kier molecular flexibility index (Phi) is 3.75. The van der Waals surface area contributed by atoms with Crippen LogP contribution in [0.3, 0.4) is 0 Å². The van der Waals surface area contributed by atoms with Gasteiger partial charge in [0.1, 0.15) is 12.1 Å². The maximum Gasteiger partial charge on any atom is 0.261 e. The number of anilines is 2. The van der Waals surface area contributed by atoms with Crippen LogP contribution in [0.1, 0.15) is 30.1 Å². The van der Waals surface area contributed by atoms with E-state index in [4.69, 9.17) is 4.74 Å². The topological polar surface area (TPSA) is 91.5 Å². The molecule has 1 aliphatic carbocycles. The number of aryl methyl sites for hydroxylation is 1. The number of aromatic nitrogens is 5. The molecule has 1 fully saturated rings. The number of halogens is 2. The molecule has 0 radical (unpaired) electrons. The van der Waals surface area contributed by atoms with Crippen molar-refractivity contribution >= 4 is 22.5 Å². The van der Waals surface area contributed by atoms with Crippen molar-refractivity contribution in [2.45, 2.75) is 25.7 Å². The zero-order chi connectivity index (χ0) is 19.3. The molecular formula is C19H16F2N6O. The van der Waals surface area contributed by atoms with Crippen LogP contribution >= 0.6 is 0 Å². The van der Waals surface area contributed by atoms with Crippen molar-refractivity contribution in [2.24, 2.45) is 0 Å². The number of aromatic amines is 2. The second kappa shape index (κ2) is 6.29. The van der Waals surface area contributed by atoms with E-state index >= 15 is 0 Å². The van der Waals surface area contributed by atoms with Gasteiger partial charge in [-0.05, 0) is 38.0 Å². The van der Waals surface area contributed by atoms with Gasteiger partial charge in [0.15, 0.2) is 17.4 Å². The number of hydrogen-bond acceptors (Lipinski definition) is 5. The SMILES string of the molecule is Cc1cc2c(F)c(Oc3ncnc(Nc4cc(C5CC5)n[nH]4)c3F)ccc2[nH]1. The zero-order valence-corrected chi connectivity index (χ0v) is 14.9. The summed E-state index contributed by atoms with van der Waals surface area (Å²) in [5, 5.41) is 10.2. The van der Waals surface area contributed by atoms with Crippen molar-refractivity contribution in [1.82, 2.24) is 25.1 Å². The van der Waals surface area contributed by atoms with Crippen molar-refractivity contribution < 1.29 is 13.5 Å². The summed E-state index contributed by atoms with van der Waals surface area (Å²) in [6.45, 7) is 1.83. The lowest BCUT2D eigenvalue weighted by molar-refractivity contribution is 0.400. The van der Waals surface area contributed by atoms with Crippen LogP contribution in [0.5, 0.6) is 11.6 Å². The maximum absolute atomic E-state index is 14.8. The monoisotopic (exact) mass is 382 g/mol. The normalized spacial score (nSPS) is 13.8. The minimum Gasteiger partial charge on any atom is -0.433 e. The fraction of sp³-hybridized carbons (Fsp3) is 0.211. The van der Waals surface area contributed by atoms with E-state index in [9.17, 15) is 8.78 Å². The number of ether oxygens (including phenoxy) is 1. The second-order valence-electron chi connectivity index (χ2n) is 6.84. The van der Waals surface area contributed by atoms with Gasteiger partial charge in [0, 0.05) is 28.6 Å². The predicted molar refractivity (Wildman–Crippen MR) is 98.9 cm³/mol. The molecule has 0 unspecified atom stereocenters. The minimum absolute atomic E-state index is 0.0880. The van der Waals surface area contributed by atoms with E-state index in [-0.39, 0.29) is 17.4 Å². The van der Waals surface area contributed by atoms with Crippen molar-refractivity contribution in [1.29, 1.82) is 0 Å². The standard InChI is InChI=1S/C19H16F2N6O/c1-9-6-11-12(24-9)4-5-14(16(11)20)28-19-17(21)18(22-8-23-19)25-15-7-13(26-27-15)10-2-3-10/h4-8,10,24H,2-3H2,1H3,(H2,22,23,25,26,27). The van der Waals surface area contributed by atoms with Gasteiger partial charge >= 0.3 is 0 Å². The van der Waals surface area contributed by atoms with E-state index in [1.54, 1.807) is 12.1 Å². The molecule has 7 nitrogen and oxygen atoms in total. The molecule has 9 heteroatoms. The summed E-state index contributed by atoms with van der Waals surface area (Å²) in [5.74, 6) is -1.00. The predicted octanol–water partition coefficient (Wildman–Crippen LogP) is 4.68. The lowest BCUT2D eigenvalue weighted by Crippen LogP contribution is -2.02. The molecule has 1 aliphatic rings. The van der Waals surface area contributed by atoms with Crippen LogP contribution in [0.4, 0.5) is 20.4 Å². The van der Waals surface area contributed by atoms with E-state index in [1.165, 1.54) is 6.07 Å². The van der Waals surface area contributed by atoms with E-state index in [0.717, 1.165) is 30.6 Å². The third-order valence-electron chi connectivity index (χ3n) is 4.65. The Morgan fingerprint density at radius 2 is 2.00 bits per heavy atom. The molecular weight excluding hydrogens is 366 g/mol. The maximum atomic E-state index is 14.8. The number of fused-ring (bicyclic) bond motifs is 1. The third-order valence-corrected chi connectivity index (χ3v) is 4.65. The fourth-order valence-corrected chi connectivity index (χ4v) is 3.10. The van der Waals surface area contributed by atoms with Crippen molar-refractivity contribution in [3.8, 4) is 11.6 Å². The quantitative estimate of drug-likeness (QED) is 0.466. The van der Waals surface area contributed by atoms with E-state index in [2.05, 4.69) is 30.5 Å². The van der Waals surface area contributed by atoms with Gasteiger partial charge in [0.2, 0.25) is 5.82 Å². The van der Waals surface area contributed by atoms with Crippen LogP contribution in [0.15, 0.2) is 30.6 Å². The number of rotatable bonds is 5. The third kappa shape index (κ3) is 2.94. The summed E-state index contributed by atoms with van der Waals surface area (Å²) >= 11 is 0. The van der Waals surface area contributed by atoms with Gasteiger partial charge in [-0.1, -0.05) is 0 Å². The van der Waals surface area contributed by atoms with Crippen LogP contribution in [0.25, 0.3) is 10.9 Å². The van der Waals surface area contributed by atoms with Gasteiger partial charge in [-0.15, -0.1) is 0 Å². The van der Waals surface area contributed by atoms with E-state index in [1.807, 2.05) is 13.0 Å². The molecule has 28 heavy (non-hydrogen) atoms. The van der Waals surface area contributed by atoms with Gasteiger partial charge in [0.05, 0.1) is 5.69 Å². The van der Waals surface area contributed by atoms with Crippen LogP contribution in [-0.2, 0) is 0 Å². The largest absolute Gasteiger partial charge is 0.433 e. The zero-order valence-electron chi connectivity index (χ0n) is 14.9. The number of H-pyrrole nitrogens is 2. The molecule has 1 aromatic carbocycles. The van der Waals surface area contributed by atoms with Gasteiger partial charge in [-0.25, -0.2) is 9.37 Å². The molecule has 0 bridgehead atoms. The summed E-state index contributed by atoms with van der Waals surface area (Å²) in [7, 11) is 0. The number of benzene rings is 1. The Bertz CT molecular complexity index is 1180. The van der Waals surface area contributed by atoms with Crippen molar-refractivity contribution in [2.75, 3.05) is 5.32 Å². The smallest absolute Gasteiger partial charge is 0.261 e. The molecule has 0 atom stereocenters. The van der Waals surface area contributed by atoms with Crippen LogP contribution in [-0.4, -0.2) is 25.1 Å². The van der Waals surface area contributed by atoms with Crippen LogP contribution in [0.2, 0.25) is 0 Å². The molecule has 1 saturated carbocycles. The highest BCUT2D eigenvalue weighted by Crippen LogP contribution is 2.40. The molecule has 0 amide bonds. The first-order valence-corrected chi connectivity index (χ1v) is 8.87. The molecule has 4 aromatic rings. The fourth-order valence-electron chi connectivity index (χ4n) is 3.10. The lowest BCUT2D eigenvalue weighted by Gasteiger charge is -2.09. The second-order valence-corrected chi connectivity index (χ2v) is 6.84. The number of hydrogen-bond donors (Lipinski definition) is 3. The summed E-state index contributed by atoms with van der Waals surface area (Å²) in [5.41, 5.74) is 2.39. The minimum atomic E-state index is -0.824. The first kappa shape index (κ1) is 16.7. The lowest BCUT2D eigenvalue weighted by atomic mass is 10.2. The molecule has 142 valence electrons. The van der Waals surface area contributed by atoms with E-state index < -0.39 is 11.6 Å². The van der Waals surface area contributed by atoms with Gasteiger partial charge in [-0.3, -0.25) is 5.10 Å². The van der Waals surface area contributed by atoms with Crippen molar-refractivity contribution in [3.05, 3.63) is 53.6 Å². The molecule has 3 aromatic heterocycles. The Labute approximate surface area is 158 Å². The molecule has 0 saturated heterocycles. The summed E-state index contributed by atoms with van der Waals surface area (Å²) < 4.78 is 34.9. The summed E-state index contributed by atoms with van der Waals surface area (Å²) in [4.78, 5) is 10.7. The summed E-state index contributed by atoms with van der Waals surface area (Å²) in [6, 6.07) is 6.58. The van der Waals surface area contributed by atoms with Gasteiger partial charge in [-0.2, -0.15) is 14.5 Å². The molecule has 3 heterocycles. The van der Waals surface area contributed by atoms with Gasteiger partial charge < -0.3 is 15.0 Å². The Balaban J connectivity index is 1.42. The van der Waals surface area contributed by atoms with E-state index in [0.29, 0.717) is 22.6 Å². The number of nitrogens with one attached hydrogen (secondary N) is 3. The number of nitrogens with zero attached hydrogens (tertiary/aromatic N) is 3.